The van der Waals surface area contributed by atoms with E-state index in [2.05, 4.69) is 24.3 Å². The topological polar surface area (TPSA) is 52.6 Å². The van der Waals surface area contributed by atoms with Gasteiger partial charge in [0, 0.05) is 19.6 Å². The molecule has 0 amide bonds. The predicted octanol–water partition coefficient (Wildman–Crippen LogP) is 2.60. The molecule has 0 atom stereocenters. The van der Waals surface area contributed by atoms with Crippen molar-refractivity contribution in [2.24, 2.45) is 5.41 Å². The minimum Gasteiger partial charge on any atom is -0.478 e. The molecular weight excluding hydrogens is 264 g/mol. The Morgan fingerprint density at radius 1 is 1.33 bits per heavy atom. The second-order valence-corrected chi connectivity index (χ2v) is 6.55. The summed E-state index contributed by atoms with van der Waals surface area (Å²) in [6.07, 6.45) is 5.22. The molecule has 4 heteroatoms. The summed E-state index contributed by atoms with van der Waals surface area (Å²) in [5.41, 5.74) is 1.78. The fourth-order valence-electron chi connectivity index (χ4n) is 3.47. The van der Waals surface area contributed by atoms with Crippen molar-refractivity contribution in [2.75, 3.05) is 27.2 Å². The van der Waals surface area contributed by atoms with Gasteiger partial charge in [0.2, 0.25) is 0 Å². The molecule has 2 rings (SSSR count). The van der Waals surface area contributed by atoms with Crippen molar-refractivity contribution in [1.29, 1.82) is 0 Å². The Balaban J connectivity index is 1.90. The van der Waals surface area contributed by atoms with Crippen molar-refractivity contribution < 1.29 is 9.90 Å². The molecule has 0 unspecified atom stereocenters. The molecule has 1 saturated carbocycles. The highest BCUT2D eigenvalue weighted by atomic mass is 16.4. The third-order valence-corrected chi connectivity index (χ3v) is 4.32. The van der Waals surface area contributed by atoms with Crippen LogP contribution in [0.4, 0.5) is 0 Å². The Bertz CT molecular complexity index is 479. The Kier molecular flexibility index (Phi) is 5.37. The van der Waals surface area contributed by atoms with Crippen molar-refractivity contribution in [3.63, 3.8) is 0 Å². The maximum absolute atomic E-state index is 11.0. The predicted molar refractivity (Wildman–Crippen MR) is 84.6 cm³/mol. The summed E-state index contributed by atoms with van der Waals surface area (Å²) < 4.78 is 0. The first-order chi connectivity index (χ1) is 10.0. The van der Waals surface area contributed by atoms with Crippen LogP contribution in [0.15, 0.2) is 24.3 Å². The molecule has 0 bridgehead atoms. The van der Waals surface area contributed by atoms with Crippen LogP contribution in [0.1, 0.15) is 41.6 Å². The molecule has 1 fully saturated rings. The number of carboxylic acid groups (broad SMARTS) is 1. The van der Waals surface area contributed by atoms with Gasteiger partial charge in [-0.05, 0) is 50.0 Å². The maximum atomic E-state index is 11.0. The summed E-state index contributed by atoms with van der Waals surface area (Å²) in [5.74, 6) is -0.864. The number of hydrogen-bond acceptors (Lipinski definition) is 3. The second-order valence-electron chi connectivity index (χ2n) is 6.55. The first kappa shape index (κ1) is 16.0. The monoisotopic (exact) mass is 290 g/mol. The molecule has 1 aliphatic rings. The van der Waals surface area contributed by atoms with E-state index in [0.29, 0.717) is 11.0 Å². The van der Waals surface area contributed by atoms with E-state index < -0.39 is 5.97 Å². The minimum atomic E-state index is -0.864. The summed E-state index contributed by atoms with van der Waals surface area (Å²) in [6.45, 7) is 2.86. The van der Waals surface area contributed by atoms with E-state index in [4.69, 9.17) is 5.11 Å². The molecule has 2 N–H and O–H groups in total. The molecule has 116 valence electrons. The van der Waals surface area contributed by atoms with Crippen molar-refractivity contribution in [3.8, 4) is 0 Å². The Morgan fingerprint density at radius 3 is 2.67 bits per heavy atom. The van der Waals surface area contributed by atoms with Gasteiger partial charge in [-0.15, -0.1) is 0 Å². The fourth-order valence-corrected chi connectivity index (χ4v) is 3.47. The van der Waals surface area contributed by atoms with Crippen molar-refractivity contribution in [1.82, 2.24) is 10.2 Å². The van der Waals surface area contributed by atoms with Crippen LogP contribution < -0.4 is 5.32 Å². The van der Waals surface area contributed by atoms with E-state index in [1.54, 1.807) is 12.1 Å². The lowest BCUT2D eigenvalue weighted by Gasteiger charge is -2.32. The highest BCUT2D eigenvalue weighted by Crippen LogP contribution is 2.37. The Hall–Kier alpha value is -1.39. The van der Waals surface area contributed by atoms with Crippen LogP contribution in [0.25, 0.3) is 0 Å². The van der Waals surface area contributed by atoms with E-state index in [1.165, 1.54) is 25.7 Å². The first-order valence-electron chi connectivity index (χ1n) is 7.68. The van der Waals surface area contributed by atoms with Crippen LogP contribution >= 0.6 is 0 Å². The Labute approximate surface area is 127 Å². The van der Waals surface area contributed by atoms with E-state index >= 15 is 0 Å². The lowest BCUT2D eigenvalue weighted by atomic mass is 9.85. The normalized spacial score (nSPS) is 17.3. The quantitative estimate of drug-likeness (QED) is 0.810. The van der Waals surface area contributed by atoms with Crippen molar-refractivity contribution in [2.45, 2.75) is 32.2 Å². The van der Waals surface area contributed by atoms with E-state index in [1.807, 2.05) is 12.1 Å². The molecule has 1 aliphatic carbocycles. The number of aromatic carboxylic acids is 1. The number of carboxylic acids is 1. The third kappa shape index (κ3) is 4.55. The van der Waals surface area contributed by atoms with E-state index in [-0.39, 0.29) is 0 Å². The Morgan fingerprint density at radius 2 is 2.05 bits per heavy atom. The van der Waals surface area contributed by atoms with Gasteiger partial charge in [-0.3, -0.25) is 0 Å². The number of nitrogens with zero attached hydrogens (tertiary/aromatic N) is 1. The van der Waals surface area contributed by atoms with Gasteiger partial charge in [-0.1, -0.05) is 25.0 Å². The number of hydrogen-bond donors (Lipinski definition) is 2. The summed E-state index contributed by atoms with van der Waals surface area (Å²) in [6, 6.07) is 7.18. The van der Waals surface area contributed by atoms with Gasteiger partial charge in [0.25, 0.3) is 0 Å². The molecule has 0 radical (unpaired) electrons. The highest BCUT2D eigenvalue weighted by Gasteiger charge is 2.33. The largest absolute Gasteiger partial charge is 0.478 e. The summed E-state index contributed by atoms with van der Waals surface area (Å²) >= 11 is 0. The van der Waals surface area contributed by atoms with Gasteiger partial charge < -0.3 is 15.3 Å². The summed E-state index contributed by atoms with van der Waals surface area (Å²) in [5, 5.41) is 12.6. The summed E-state index contributed by atoms with van der Waals surface area (Å²) in [4.78, 5) is 13.3. The zero-order valence-corrected chi connectivity index (χ0v) is 13.1. The number of rotatable bonds is 7. The van der Waals surface area contributed by atoms with Gasteiger partial charge in [0.15, 0.2) is 0 Å². The average molecular weight is 290 g/mol. The van der Waals surface area contributed by atoms with Crippen molar-refractivity contribution in [3.05, 3.63) is 35.4 Å². The van der Waals surface area contributed by atoms with Crippen LogP contribution in [0, 0.1) is 5.41 Å². The zero-order valence-electron chi connectivity index (χ0n) is 13.1. The molecule has 0 spiro atoms. The van der Waals surface area contributed by atoms with Crippen molar-refractivity contribution >= 4 is 5.97 Å². The number of nitrogens with one attached hydrogen (secondary N) is 1. The first-order valence-corrected chi connectivity index (χ1v) is 7.68. The molecule has 0 saturated heterocycles. The number of benzene rings is 1. The molecule has 1 aromatic carbocycles. The van der Waals surface area contributed by atoms with Crippen LogP contribution in [0.5, 0.6) is 0 Å². The SMILES string of the molecule is CN(C)CC1(CNCc2cccc(C(=O)O)c2)CCCC1. The van der Waals surface area contributed by atoms with Crippen LogP contribution in [0.3, 0.4) is 0 Å². The maximum Gasteiger partial charge on any atom is 0.335 e. The van der Waals surface area contributed by atoms with Gasteiger partial charge in [-0.2, -0.15) is 0 Å². The molecule has 0 heterocycles. The third-order valence-electron chi connectivity index (χ3n) is 4.32. The van der Waals surface area contributed by atoms with E-state index in [0.717, 1.165) is 25.2 Å². The van der Waals surface area contributed by atoms with Gasteiger partial charge in [-0.25, -0.2) is 4.79 Å². The molecule has 21 heavy (non-hydrogen) atoms. The molecule has 0 aromatic heterocycles. The standard InChI is InChI=1S/C17H26N2O2/c1-19(2)13-17(8-3-4-9-17)12-18-11-14-6-5-7-15(10-14)16(20)21/h5-7,10,18H,3-4,8-9,11-13H2,1-2H3,(H,20,21). The smallest absolute Gasteiger partial charge is 0.335 e. The zero-order chi connectivity index (χ0) is 15.3. The van der Waals surface area contributed by atoms with Gasteiger partial charge in [0.05, 0.1) is 5.56 Å². The summed E-state index contributed by atoms with van der Waals surface area (Å²) in [7, 11) is 4.27. The minimum absolute atomic E-state index is 0.359. The van der Waals surface area contributed by atoms with E-state index in [9.17, 15) is 4.79 Å². The highest BCUT2D eigenvalue weighted by molar-refractivity contribution is 5.87. The lowest BCUT2D eigenvalue weighted by Crippen LogP contribution is -2.39. The second kappa shape index (κ2) is 7.05. The molecule has 1 aromatic rings. The number of carbonyl (C=O) groups is 1. The van der Waals surface area contributed by atoms with Crippen LogP contribution in [-0.2, 0) is 6.54 Å². The molecule has 0 aliphatic heterocycles. The fraction of sp³-hybridized carbons (Fsp3) is 0.588. The van der Waals surface area contributed by atoms with Gasteiger partial charge in [0.1, 0.15) is 0 Å². The molecule has 4 nitrogen and oxygen atoms in total. The van der Waals surface area contributed by atoms with Crippen LogP contribution in [0.2, 0.25) is 0 Å². The van der Waals surface area contributed by atoms with Crippen LogP contribution in [-0.4, -0.2) is 43.2 Å². The molecular formula is C17H26N2O2. The lowest BCUT2D eigenvalue weighted by molar-refractivity contribution is 0.0696. The average Bonchev–Trinajstić information content (AvgIpc) is 2.87. The van der Waals surface area contributed by atoms with Gasteiger partial charge >= 0.3 is 5.97 Å².